The summed E-state index contributed by atoms with van der Waals surface area (Å²) in [6.45, 7) is 8.33. The Kier molecular flexibility index (Phi) is 6.22. The SMILES string of the molecule is CC(=O)N1c2ccc(-c3cnn(CCN)c3)cc2C(NC(=O)OC(C)C)CC1C. The number of aromatic nitrogens is 2. The number of benzene rings is 1. The van der Waals surface area contributed by atoms with E-state index in [1.54, 1.807) is 22.7 Å². The second-order valence-corrected chi connectivity index (χ2v) is 7.68. The molecule has 0 aliphatic carbocycles. The van der Waals surface area contributed by atoms with Crippen LogP contribution in [0.4, 0.5) is 10.5 Å². The van der Waals surface area contributed by atoms with Gasteiger partial charge in [-0.25, -0.2) is 4.79 Å². The van der Waals surface area contributed by atoms with Crippen LogP contribution in [0, 0.1) is 0 Å². The predicted molar refractivity (Wildman–Crippen MR) is 111 cm³/mol. The number of nitrogens with zero attached hydrogens (tertiary/aromatic N) is 3. The molecule has 0 bridgehead atoms. The zero-order valence-corrected chi connectivity index (χ0v) is 17.4. The van der Waals surface area contributed by atoms with Gasteiger partial charge in [0, 0.05) is 37.0 Å². The molecule has 0 spiro atoms. The summed E-state index contributed by atoms with van der Waals surface area (Å²) in [6.07, 6.45) is 3.68. The van der Waals surface area contributed by atoms with Crippen molar-refractivity contribution in [2.24, 2.45) is 5.73 Å². The Morgan fingerprint density at radius 1 is 1.34 bits per heavy atom. The zero-order valence-electron chi connectivity index (χ0n) is 17.4. The Balaban J connectivity index is 1.98. The van der Waals surface area contributed by atoms with Crippen LogP contribution >= 0.6 is 0 Å². The number of anilines is 1. The number of nitrogens with one attached hydrogen (secondary N) is 1. The Bertz CT molecular complexity index is 892. The zero-order chi connectivity index (χ0) is 21.1. The van der Waals surface area contributed by atoms with Crippen LogP contribution < -0.4 is 16.0 Å². The van der Waals surface area contributed by atoms with Crippen molar-refractivity contribution in [3.8, 4) is 11.1 Å². The molecular weight excluding hydrogens is 370 g/mol. The van der Waals surface area contributed by atoms with Crippen molar-refractivity contribution in [2.75, 3.05) is 11.4 Å². The maximum absolute atomic E-state index is 12.3. The molecular formula is C21H29N5O3. The van der Waals surface area contributed by atoms with Crippen LogP contribution in [0.15, 0.2) is 30.6 Å². The van der Waals surface area contributed by atoms with E-state index in [4.69, 9.17) is 10.5 Å². The van der Waals surface area contributed by atoms with Crippen molar-refractivity contribution in [3.05, 3.63) is 36.2 Å². The highest BCUT2D eigenvalue weighted by Gasteiger charge is 2.33. The summed E-state index contributed by atoms with van der Waals surface area (Å²) in [7, 11) is 0. The number of nitrogens with two attached hydrogens (primary N) is 1. The molecule has 8 nitrogen and oxygen atoms in total. The van der Waals surface area contributed by atoms with Crippen LogP contribution in [-0.4, -0.2) is 40.5 Å². The summed E-state index contributed by atoms with van der Waals surface area (Å²) in [6, 6.07) is 5.63. The summed E-state index contributed by atoms with van der Waals surface area (Å²) in [5.41, 5.74) is 9.23. The van der Waals surface area contributed by atoms with Gasteiger partial charge < -0.3 is 20.7 Å². The van der Waals surface area contributed by atoms with Crippen molar-refractivity contribution < 1.29 is 14.3 Å². The highest BCUT2D eigenvalue weighted by molar-refractivity contribution is 5.94. The van der Waals surface area contributed by atoms with Crippen molar-refractivity contribution in [3.63, 3.8) is 0 Å². The molecule has 0 saturated heterocycles. The molecule has 0 fully saturated rings. The number of hydrogen-bond donors (Lipinski definition) is 2. The van der Waals surface area contributed by atoms with Gasteiger partial charge in [0.05, 0.1) is 24.9 Å². The molecule has 1 aliphatic heterocycles. The first-order valence-corrected chi connectivity index (χ1v) is 9.94. The molecule has 156 valence electrons. The van der Waals surface area contributed by atoms with Crippen LogP contribution in [-0.2, 0) is 16.1 Å². The first-order valence-electron chi connectivity index (χ1n) is 9.94. The molecule has 2 aromatic rings. The molecule has 3 N–H and O–H groups in total. The van der Waals surface area contributed by atoms with E-state index in [2.05, 4.69) is 10.4 Å². The van der Waals surface area contributed by atoms with Gasteiger partial charge in [-0.05, 0) is 50.5 Å². The minimum atomic E-state index is -0.458. The summed E-state index contributed by atoms with van der Waals surface area (Å²) < 4.78 is 7.07. The quantitative estimate of drug-likeness (QED) is 0.805. The lowest BCUT2D eigenvalue weighted by Gasteiger charge is -2.39. The Labute approximate surface area is 171 Å². The fourth-order valence-electron chi connectivity index (χ4n) is 3.82. The van der Waals surface area contributed by atoms with Gasteiger partial charge in [0.15, 0.2) is 0 Å². The van der Waals surface area contributed by atoms with E-state index in [1.807, 2.05) is 45.2 Å². The fraction of sp³-hybridized carbons (Fsp3) is 0.476. The minimum Gasteiger partial charge on any atom is -0.447 e. The number of hydrogen-bond acceptors (Lipinski definition) is 5. The molecule has 1 aliphatic rings. The Hall–Kier alpha value is -2.87. The molecule has 0 radical (unpaired) electrons. The first kappa shape index (κ1) is 20.9. The van der Waals surface area contributed by atoms with Gasteiger partial charge in [0.2, 0.25) is 5.91 Å². The molecule has 3 rings (SSSR count). The van der Waals surface area contributed by atoms with Crippen molar-refractivity contribution >= 4 is 17.7 Å². The van der Waals surface area contributed by atoms with Crippen LogP contribution in [0.1, 0.15) is 45.7 Å². The highest BCUT2D eigenvalue weighted by atomic mass is 16.6. The lowest BCUT2D eigenvalue weighted by atomic mass is 9.89. The monoisotopic (exact) mass is 399 g/mol. The van der Waals surface area contributed by atoms with Gasteiger partial charge in [0.1, 0.15) is 0 Å². The van der Waals surface area contributed by atoms with E-state index in [9.17, 15) is 9.59 Å². The lowest BCUT2D eigenvalue weighted by molar-refractivity contribution is -0.117. The number of alkyl carbamates (subject to hydrolysis) is 1. The lowest BCUT2D eigenvalue weighted by Crippen LogP contribution is -2.45. The largest absolute Gasteiger partial charge is 0.447 e. The maximum atomic E-state index is 12.3. The molecule has 2 unspecified atom stereocenters. The van der Waals surface area contributed by atoms with Gasteiger partial charge in [-0.1, -0.05) is 6.07 Å². The van der Waals surface area contributed by atoms with E-state index in [-0.39, 0.29) is 24.1 Å². The van der Waals surface area contributed by atoms with E-state index in [1.165, 1.54) is 0 Å². The average molecular weight is 399 g/mol. The van der Waals surface area contributed by atoms with Crippen LogP contribution in [0.25, 0.3) is 11.1 Å². The van der Waals surface area contributed by atoms with E-state index < -0.39 is 6.09 Å². The summed E-state index contributed by atoms with van der Waals surface area (Å²) >= 11 is 0. The number of ether oxygens (including phenoxy) is 1. The van der Waals surface area contributed by atoms with Crippen LogP contribution in [0.2, 0.25) is 0 Å². The Morgan fingerprint density at radius 3 is 2.76 bits per heavy atom. The Morgan fingerprint density at radius 2 is 2.10 bits per heavy atom. The molecule has 2 heterocycles. The highest BCUT2D eigenvalue weighted by Crippen LogP contribution is 2.39. The molecule has 8 heteroatoms. The van der Waals surface area contributed by atoms with Crippen molar-refractivity contribution in [1.29, 1.82) is 0 Å². The molecule has 1 aromatic heterocycles. The molecule has 2 atom stereocenters. The number of amides is 2. The first-order chi connectivity index (χ1) is 13.8. The molecule has 0 saturated carbocycles. The number of carbonyl (C=O) groups excluding carboxylic acids is 2. The third-order valence-electron chi connectivity index (χ3n) is 4.98. The van der Waals surface area contributed by atoms with Crippen molar-refractivity contribution in [2.45, 2.75) is 58.8 Å². The van der Waals surface area contributed by atoms with Gasteiger partial charge >= 0.3 is 6.09 Å². The van der Waals surface area contributed by atoms with Gasteiger partial charge in [-0.15, -0.1) is 0 Å². The summed E-state index contributed by atoms with van der Waals surface area (Å²) in [4.78, 5) is 26.3. The fourth-order valence-corrected chi connectivity index (χ4v) is 3.82. The number of carbonyl (C=O) groups is 2. The normalized spacial score (nSPS) is 18.5. The van der Waals surface area contributed by atoms with Crippen molar-refractivity contribution in [1.82, 2.24) is 15.1 Å². The van der Waals surface area contributed by atoms with E-state index in [0.717, 1.165) is 22.4 Å². The molecule has 2 amide bonds. The van der Waals surface area contributed by atoms with Crippen LogP contribution in [0.5, 0.6) is 0 Å². The number of fused-ring (bicyclic) bond motifs is 1. The standard InChI is InChI=1S/C21H29N5O3/c1-13(2)29-21(28)24-19-9-14(3)26(15(4)27)20-6-5-16(10-18(19)20)17-11-23-25(12-17)8-7-22/h5-6,10-14,19H,7-9,22H2,1-4H3,(H,24,28). The molecule has 1 aromatic carbocycles. The molecule has 29 heavy (non-hydrogen) atoms. The second kappa shape index (κ2) is 8.65. The van der Waals surface area contributed by atoms with E-state index in [0.29, 0.717) is 19.5 Å². The van der Waals surface area contributed by atoms with Gasteiger partial charge in [-0.3, -0.25) is 9.48 Å². The topological polar surface area (TPSA) is 102 Å². The van der Waals surface area contributed by atoms with E-state index >= 15 is 0 Å². The third kappa shape index (κ3) is 4.59. The summed E-state index contributed by atoms with van der Waals surface area (Å²) in [5, 5.41) is 7.30. The smallest absolute Gasteiger partial charge is 0.407 e. The minimum absolute atomic E-state index is 0.0227. The summed E-state index contributed by atoms with van der Waals surface area (Å²) in [5.74, 6) is -0.0227. The average Bonchev–Trinajstić information content (AvgIpc) is 3.09. The number of rotatable bonds is 5. The van der Waals surface area contributed by atoms with Gasteiger partial charge in [-0.2, -0.15) is 5.10 Å². The van der Waals surface area contributed by atoms with Crippen LogP contribution in [0.3, 0.4) is 0 Å². The maximum Gasteiger partial charge on any atom is 0.407 e. The third-order valence-corrected chi connectivity index (χ3v) is 4.98. The second-order valence-electron chi connectivity index (χ2n) is 7.68. The van der Waals surface area contributed by atoms with Gasteiger partial charge in [0.25, 0.3) is 0 Å². The predicted octanol–water partition coefficient (Wildman–Crippen LogP) is 2.83.